The molecule has 192 valence electrons. The van der Waals surface area contributed by atoms with Gasteiger partial charge in [0.2, 0.25) is 0 Å². The van der Waals surface area contributed by atoms with Crippen LogP contribution in [0.3, 0.4) is 0 Å². The highest BCUT2D eigenvalue weighted by Crippen LogP contribution is 2.49. The Hall–Kier alpha value is -1.78. The maximum Gasteiger partial charge on any atom is 0.186 e. The summed E-state index contributed by atoms with van der Waals surface area (Å²) in [4.78, 5) is -0.0429. The third kappa shape index (κ3) is 5.64. The van der Waals surface area contributed by atoms with Crippen LogP contribution in [0.5, 0.6) is 5.75 Å². The zero-order valence-corrected chi connectivity index (χ0v) is 21.0. The summed E-state index contributed by atoms with van der Waals surface area (Å²) in [7, 11) is -4.17. The van der Waals surface area contributed by atoms with Crippen molar-refractivity contribution >= 4 is 21.4 Å². The van der Waals surface area contributed by atoms with Crippen LogP contribution in [0.4, 0.5) is 8.78 Å². The maximum atomic E-state index is 15.1. The molecule has 1 saturated heterocycles. The quantitative estimate of drug-likeness (QED) is 0.379. The number of rotatable bonds is 10. The highest BCUT2D eigenvalue weighted by Gasteiger charge is 2.49. The molecule has 10 heteroatoms. The van der Waals surface area contributed by atoms with Gasteiger partial charge < -0.3 is 18.9 Å². The summed E-state index contributed by atoms with van der Waals surface area (Å²) in [5.74, 6) is -3.92. The third-order valence-electron chi connectivity index (χ3n) is 6.38. The van der Waals surface area contributed by atoms with E-state index in [1.165, 1.54) is 24.3 Å². The molecule has 0 saturated carbocycles. The van der Waals surface area contributed by atoms with Crippen LogP contribution in [0.25, 0.3) is 0 Å². The number of hydrogen-bond donors (Lipinski definition) is 0. The second-order valence-electron chi connectivity index (χ2n) is 8.79. The summed E-state index contributed by atoms with van der Waals surface area (Å²) >= 11 is 5.95. The first-order valence-electron chi connectivity index (χ1n) is 11.7. The van der Waals surface area contributed by atoms with E-state index in [1.807, 2.05) is 0 Å². The Morgan fingerprint density at radius 1 is 1.06 bits per heavy atom. The van der Waals surface area contributed by atoms with Crippen LogP contribution in [0.1, 0.15) is 43.4 Å². The van der Waals surface area contributed by atoms with Gasteiger partial charge in [-0.05, 0) is 42.8 Å². The normalized spacial score (nSPS) is 21.5. The van der Waals surface area contributed by atoms with E-state index < -0.39 is 38.4 Å². The SMILES string of the molecule is CCCCOCCC1(C[C@@H]2COc3c(F)ccc(F)c3[C@H]2S(=O)(=O)c2ccc(Cl)cc2)OCCO1. The van der Waals surface area contributed by atoms with Gasteiger partial charge in [-0.3, -0.25) is 0 Å². The van der Waals surface area contributed by atoms with E-state index in [2.05, 4.69) is 6.92 Å². The summed E-state index contributed by atoms with van der Waals surface area (Å²) in [5, 5.41) is -1.05. The number of unbranched alkanes of at least 4 members (excludes halogenated alkanes) is 1. The average Bonchev–Trinajstić information content (AvgIpc) is 3.29. The summed E-state index contributed by atoms with van der Waals surface area (Å²) in [6, 6.07) is 7.47. The number of benzene rings is 2. The molecular weight excluding hydrogens is 502 g/mol. The molecule has 4 rings (SSSR count). The summed E-state index contributed by atoms with van der Waals surface area (Å²) in [6.45, 7) is 3.58. The minimum Gasteiger partial charge on any atom is -0.490 e. The van der Waals surface area contributed by atoms with E-state index in [0.717, 1.165) is 25.0 Å². The molecule has 0 bridgehead atoms. The highest BCUT2D eigenvalue weighted by molar-refractivity contribution is 7.91. The van der Waals surface area contributed by atoms with Crippen LogP contribution in [0.15, 0.2) is 41.3 Å². The molecule has 2 aromatic rings. The van der Waals surface area contributed by atoms with Crippen LogP contribution < -0.4 is 4.74 Å². The predicted octanol–water partition coefficient (Wildman–Crippen LogP) is 5.48. The molecule has 1 fully saturated rings. The minimum atomic E-state index is -4.17. The number of halogens is 3. The van der Waals surface area contributed by atoms with Crippen molar-refractivity contribution in [3.05, 3.63) is 58.6 Å². The van der Waals surface area contributed by atoms with Crippen molar-refractivity contribution in [1.82, 2.24) is 0 Å². The maximum absolute atomic E-state index is 15.1. The van der Waals surface area contributed by atoms with Gasteiger partial charge in [-0.2, -0.15) is 0 Å². The molecular formula is C25H29ClF2O6S. The molecule has 0 amide bonds. The first-order valence-corrected chi connectivity index (χ1v) is 13.7. The van der Waals surface area contributed by atoms with Crippen LogP contribution in [0.2, 0.25) is 5.02 Å². The van der Waals surface area contributed by atoms with Crippen molar-refractivity contribution in [1.29, 1.82) is 0 Å². The Bertz CT molecular complexity index is 1120. The van der Waals surface area contributed by atoms with Gasteiger partial charge in [0.1, 0.15) is 11.1 Å². The van der Waals surface area contributed by atoms with Crippen molar-refractivity contribution in [2.24, 2.45) is 5.92 Å². The molecule has 2 heterocycles. The van der Waals surface area contributed by atoms with E-state index in [0.29, 0.717) is 37.9 Å². The van der Waals surface area contributed by atoms with Crippen LogP contribution in [-0.2, 0) is 24.0 Å². The number of ether oxygens (including phenoxy) is 4. The van der Waals surface area contributed by atoms with Crippen molar-refractivity contribution in [3.8, 4) is 5.75 Å². The lowest BCUT2D eigenvalue weighted by molar-refractivity contribution is -0.184. The van der Waals surface area contributed by atoms with E-state index >= 15 is 4.39 Å². The lowest BCUT2D eigenvalue weighted by Gasteiger charge is -2.38. The van der Waals surface area contributed by atoms with Crippen molar-refractivity contribution < 1.29 is 36.1 Å². The van der Waals surface area contributed by atoms with Crippen molar-refractivity contribution in [2.75, 3.05) is 33.0 Å². The lowest BCUT2D eigenvalue weighted by atomic mass is 9.88. The van der Waals surface area contributed by atoms with Gasteiger partial charge >= 0.3 is 0 Å². The van der Waals surface area contributed by atoms with Gasteiger partial charge in [-0.25, -0.2) is 17.2 Å². The molecule has 0 N–H and O–H groups in total. The van der Waals surface area contributed by atoms with Gasteiger partial charge in [0, 0.05) is 30.4 Å². The number of fused-ring (bicyclic) bond motifs is 1. The predicted molar refractivity (Wildman–Crippen MR) is 126 cm³/mol. The van der Waals surface area contributed by atoms with Gasteiger partial charge in [0.15, 0.2) is 27.2 Å². The Kier molecular flexibility index (Phi) is 8.33. The fourth-order valence-corrected chi connectivity index (χ4v) is 6.80. The van der Waals surface area contributed by atoms with E-state index in [9.17, 15) is 12.8 Å². The Morgan fingerprint density at radius 2 is 1.74 bits per heavy atom. The van der Waals surface area contributed by atoms with E-state index in [-0.39, 0.29) is 29.2 Å². The summed E-state index contributed by atoms with van der Waals surface area (Å²) in [5.41, 5.74) is -0.316. The lowest BCUT2D eigenvalue weighted by Crippen LogP contribution is -2.41. The number of sulfone groups is 1. The first kappa shape index (κ1) is 26.3. The van der Waals surface area contributed by atoms with Gasteiger partial charge in [0.05, 0.1) is 36.9 Å². The average molecular weight is 531 g/mol. The largest absolute Gasteiger partial charge is 0.490 e. The van der Waals surface area contributed by atoms with Gasteiger partial charge in [0.25, 0.3) is 0 Å². The smallest absolute Gasteiger partial charge is 0.186 e. The molecule has 0 radical (unpaired) electrons. The van der Waals surface area contributed by atoms with Crippen molar-refractivity contribution in [3.63, 3.8) is 0 Å². The van der Waals surface area contributed by atoms with Crippen molar-refractivity contribution in [2.45, 2.75) is 48.5 Å². The third-order valence-corrected chi connectivity index (χ3v) is 8.85. The standard InChI is InChI=1S/C25H29ClF2O6S/c1-2-3-11-31-12-10-25(33-13-14-34-25)15-17-16-32-23-21(28)9-8-20(27)22(23)24(17)35(29,30)19-6-4-18(26)5-7-19/h4-9,17,24H,2-3,10-16H2,1H3/t17-,24+/m1/s1. The van der Waals surface area contributed by atoms with E-state index in [1.54, 1.807) is 0 Å². The molecule has 2 aliphatic heterocycles. The topological polar surface area (TPSA) is 71.1 Å². The molecule has 35 heavy (non-hydrogen) atoms. The van der Waals surface area contributed by atoms with E-state index in [4.69, 9.17) is 30.5 Å². The Balaban J connectivity index is 1.70. The Labute approximate surface area is 209 Å². The zero-order chi connectivity index (χ0) is 25.1. The Morgan fingerprint density at radius 3 is 2.43 bits per heavy atom. The molecule has 2 aliphatic rings. The zero-order valence-electron chi connectivity index (χ0n) is 19.5. The summed E-state index contributed by atoms with van der Waals surface area (Å²) < 4.78 is 80.5. The fraction of sp³-hybridized carbons (Fsp3) is 0.520. The van der Waals surface area contributed by atoms with Crippen LogP contribution >= 0.6 is 11.6 Å². The van der Waals surface area contributed by atoms with Gasteiger partial charge in [-0.15, -0.1) is 0 Å². The second kappa shape index (κ2) is 11.1. The molecule has 0 unspecified atom stereocenters. The van der Waals surface area contributed by atoms with Crippen LogP contribution in [-0.4, -0.2) is 47.2 Å². The van der Waals surface area contributed by atoms with Crippen LogP contribution in [0, 0.1) is 17.6 Å². The molecule has 0 aromatic heterocycles. The molecule has 6 nitrogen and oxygen atoms in total. The number of hydrogen-bond acceptors (Lipinski definition) is 6. The molecule has 2 aromatic carbocycles. The summed E-state index contributed by atoms with van der Waals surface area (Å²) in [6.07, 6.45) is 2.41. The molecule has 0 spiro atoms. The van der Waals surface area contributed by atoms with Gasteiger partial charge in [-0.1, -0.05) is 24.9 Å². The highest BCUT2D eigenvalue weighted by atomic mass is 35.5. The first-order chi connectivity index (χ1) is 16.8. The second-order valence-corrected chi connectivity index (χ2v) is 11.3. The monoisotopic (exact) mass is 530 g/mol. The molecule has 0 aliphatic carbocycles. The molecule has 2 atom stereocenters. The minimum absolute atomic E-state index is 0.0429. The fourth-order valence-electron chi connectivity index (χ4n) is 4.66.